The van der Waals surface area contributed by atoms with E-state index >= 15 is 4.39 Å². The predicted molar refractivity (Wildman–Crippen MR) is 166 cm³/mol. The van der Waals surface area contributed by atoms with Crippen LogP contribution in [-0.4, -0.2) is 77.0 Å². The Morgan fingerprint density at radius 2 is 1.87 bits per heavy atom. The summed E-state index contributed by atoms with van der Waals surface area (Å²) in [6.07, 6.45) is 1.90. The molecule has 2 aliphatic rings. The molecule has 0 radical (unpaired) electrons. The van der Waals surface area contributed by atoms with Crippen LogP contribution in [0.15, 0.2) is 36.5 Å². The van der Waals surface area contributed by atoms with E-state index < -0.39 is 17.2 Å². The smallest absolute Gasteiger partial charge is 0.410 e. The van der Waals surface area contributed by atoms with Crippen molar-refractivity contribution in [2.45, 2.75) is 45.8 Å². The largest absolute Gasteiger partial charge is 0.461 e. The summed E-state index contributed by atoms with van der Waals surface area (Å²) < 4.78 is 47.6. The lowest BCUT2D eigenvalue weighted by Crippen LogP contribution is -2.50. The SMILES string of the molecule is CC#N.CC(C)(C)OC(=O)N1CCN(c2nc(OCC3CCO3)nc3c(F)c(-c4cccc5ccc(F)c(Cl)c45)ncc23)CC1. The molecule has 0 spiro atoms. The number of ether oxygens (including phenoxy) is 3. The summed E-state index contributed by atoms with van der Waals surface area (Å²) in [7, 11) is 0. The molecule has 0 saturated carbocycles. The summed E-state index contributed by atoms with van der Waals surface area (Å²) in [6.45, 7) is 9.43. The minimum Gasteiger partial charge on any atom is -0.461 e. The lowest BCUT2D eigenvalue weighted by Gasteiger charge is -2.36. The van der Waals surface area contributed by atoms with Crippen molar-refractivity contribution < 1.29 is 27.8 Å². The van der Waals surface area contributed by atoms with Crippen LogP contribution in [0, 0.1) is 23.0 Å². The van der Waals surface area contributed by atoms with Gasteiger partial charge in [0.15, 0.2) is 5.82 Å². The third kappa shape index (κ3) is 7.00. The first-order valence-corrected chi connectivity index (χ1v) is 14.9. The van der Waals surface area contributed by atoms with Crippen molar-refractivity contribution >= 4 is 45.2 Å². The van der Waals surface area contributed by atoms with E-state index in [4.69, 9.17) is 31.1 Å². The molecule has 2 fully saturated rings. The molecule has 1 amide bonds. The van der Waals surface area contributed by atoms with Gasteiger partial charge >= 0.3 is 12.1 Å². The Morgan fingerprint density at radius 3 is 2.51 bits per heavy atom. The molecule has 2 aromatic carbocycles. The number of hydrogen-bond donors (Lipinski definition) is 0. The van der Waals surface area contributed by atoms with Crippen LogP contribution in [0.4, 0.5) is 19.4 Å². The van der Waals surface area contributed by atoms with Gasteiger partial charge in [0.2, 0.25) is 0 Å². The van der Waals surface area contributed by atoms with Gasteiger partial charge in [-0.15, -0.1) is 0 Å². The molecule has 4 heterocycles. The van der Waals surface area contributed by atoms with Crippen LogP contribution in [0.3, 0.4) is 0 Å². The number of aromatic nitrogens is 3. The second-order valence-electron chi connectivity index (χ2n) is 11.5. The molecular weight excluding hydrogens is 606 g/mol. The Bertz CT molecular complexity index is 1770. The molecule has 0 aliphatic carbocycles. The van der Waals surface area contributed by atoms with Gasteiger partial charge in [-0.1, -0.05) is 35.9 Å². The van der Waals surface area contributed by atoms with Gasteiger partial charge in [-0.3, -0.25) is 4.98 Å². The van der Waals surface area contributed by atoms with Crippen LogP contribution < -0.4 is 9.64 Å². The van der Waals surface area contributed by atoms with E-state index in [1.165, 1.54) is 19.2 Å². The number of carbonyl (C=O) groups excluding carboxylic acids is 1. The van der Waals surface area contributed by atoms with E-state index in [1.54, 1.807) is 35.2 Å². The number of carbonyl (C=O) groups is 1. The maximum Gasteiger partial charge on any atom is 0.410 e. The molecule has 1 atom stereocenters. The number of halogens is 3. The Kier molecular flexibility index (Phi) is 9.51. The second-order valence-corrected chi connectivity index (χ2v) is 11.9. The minimum atomic E-state index is -0.707. The maximum atomic E-state index is 16.4. The molecule has 6 rings (SSSR count). The topological polar surface area (TPSA) is 114 Å². The summed E-state index contributed by atoms with van der Waals surface area (Å²) in [4.78, 5) is 29.7. The maximum absolute atomic E-state index is 16.4. The van der Waals surface area contributed by atoms with Crippen molar-refractivity contribution in [3.8, 4) is 23.3 Å². The standard InChI is InChI=1S/C30H30ClF2N5O4.C2H3N/c1-30(2,3)42-29(39)38-12-10-37(11-13-38)27-20-15-34-25(19-6-4-5-17-7-8-21(32)23(31)22(17)19)24(33)26(20)35-28(36-27)41-16-18-9-14-40-18;1-2-3/h4-8,15,18H,9-14,16H2,1-3H3;1H3. The Hall–Kier alpha value is -4.34. The third-order valence-electron chi connectivity index (χ3n) is 7.26. The molecule has 45 heavy (non-hydrogen) atoms. The highest BCUT2D eigenvalue weighted by molar-refractivity contribution is 6.36. The van der Waals surface area contributed by atoms with Gasteiger partial charge in [0.25, 0.3) is 0 Å². The van der Waals surface area contributed by atoms with Crippen molar-refractivity contribution in [3.05, 3.63) is 53.2 Å². The van der Waals surface area contributed by atoms with Crippen LogP contribution in [0.5, 0.6) is 6.01 Å². The van der Waals surface area contributed by atoms with Crippen LogP contribution in [0.1, 0.15) is 34.1 Å². The van der Waals surface area contributed by atoms with Crippen molar-refractivity contribution in [2.75, 3.05) is 44.3 Å². The van der Waals surface area contributed by atoms with Gasteiger partial charge in [-0.2, -0.15) is 15.2 Å². The van der Waals surface area contributed by atoms with Crippen LogP contribution in [-0.2, 0) is 9.47 Å². The summed E-state index contributed by atoms with van der Waals surface area (Å²) >= 11 is 6.34. The van der Waals surface area contributed by atoms with Gasteiger partial charge in [0, 0.05) is 63.3 Å². The molecular formula is C32H33ClF2N6O4. The molecule has 4 aromatic rings. The zero-order valence-corrected chi connectivity index (χ0v) is 26.2. The second kappa shape index (κ2) is 13.3. The zero-order chi connectivity index (χ0) is 32.3. The van der Waals surface area contributed by atoms with Gasteiger partial charge in [-0.25, -0.2) is 13.6 Å². The monoisotopic (exact) mass is 638 g/mol. The number of anilines is 1. The van der Waals surface area contributed by atoms with Gasteiger partial charge in [0.05, 0.1) is 22.6 Å². The highest BCUT2D eigenvalue weighted by Crippen LogP contribution is 2.38. The Balaban J connectivity index is 0.00000128. The molecule has 2 aliphatic heterocycles. The minimum absolute atomic E-state index is 0.000573. The van der Waals surface area contributed by atoms with E-state index in [0.29, 0.717) is 60.3 Å². The summed E-state index contributed by atoms with van der Waals surface area (Å²) in [5, 5.41) is 8.60. The Morgan fingerprint density at radius 1 is 1.16 bits per heavy atom. The number of nitrogens with zero attached hydrogens (tertiary/aromatic N) is 6. The predicted octanol–water partition coefficient (Wildman–Crippen LogP) is 6.53. The molecule has 0 N–H and O–H groups in total. The molecule has 236 valence electrons. The number of nitriles is 1. The summed E-state index contributed by atoms with van der Waals surface area (Å²) in [6, 6.07) is 9.77. The van der Waals surface area contributed by atoms with Gasteiger partial charge in [0.1, 0.15) is 35.1 Å². The number of fused-ring (bicyclic) bond motifs is 2. The van der Waals surface area contributed by atoms with Crippen molar-refractivity contribution in [2.24, 2.45) is 0 Å². The fraction of sp³-hybridized carbons (Fsp3) is 0.406. The molecule has 2 saturated heterocycles. The van der Waals surface area contributed by atoms with Crippen LogP contribution in [0.2, 0.25) is 5.02 Å². The van der Waals surface area contributed by atoms with Crippen LogP contribution >= 0.6 is 11.6 Å². The normalized spacial score (nSPS) is 16.4. The number of amides is 1. The fourth-order valence-electron chi connectivity index (χ4n) is 5.03. The lowest BCUT2D eigenvalue weighted by molar-refractivity contribution is -0.0733. The van der Waals surface area contributed by atoms with Gasteiger partial charge < -0.3 is 24.0 Å². The molecule has 1 unspecified atom stereocenters. The highest BCUT2D eigenvalue weighted by atomic mass is 35.5. The van der Waals surface area contributed by atoms with Gasteiger partial charge in [-0.05, 0) is 32.2 Å². The van der Waals surface area contributed by atoms with Crippen LogP contribution in [0.25, 0.3) is 32.9 Å². The van der Waals surface area contributed by atoms with E-state index in [-0.39, 0.29) is 41.0 Å². The fourth-order valence-corrected chi connectivity index (χ4v) is 5.31. The average Bonchev–Trinajstić information content (AvgIpc) is 2.98. The highest BCUT2D eigenvalue weighted by Gasteiger charge is 2.29. The first kappa shape index (κ1) is 32.1. The molecule has 10 nitrogen and oxygen atoms in total. The molecule has 13 heteroatoms. The molecule has 0 bridgehead atoms. The quantitative estimate of drug-likeness (QED) is 0.241. The number of pyridine rings is 1. The third-order valence-corrected chi connectivity index (χ3v) is 7.63. The van der Waals surface area contributed by atoms with E-state index in [0.717, 1.165) is 6.42 Å². The first-order valence-electron chi connectivity index (χ1n) is 14.5. The summed E-state index contributed by atoms with van der Waals surface area (Å²) in [5.41, 5.74) is -0.274. The zero-order valence-electron chi connectivity index (χ0n) is 25.4. The molecule has 2 aromatic heterocycles. The number of hydrogen-bond acceptors (Lipinski definition) is 9. The van der Waals surface area contributed by atoms with E-state index in [2.05, 4.69) is 15.0 Å². The number of piperazine rings is 1. The van der Waals surface area contributed by atoms with Crippen molar-refractivity contribution in [1.82, 2.24) is 19.9 Å². The Labute approximate surface area is 264 Å². The summed E-state index contributed by atoms with van der Waals surface area (Å²) in [5.74, 6) is -0.878. The van der Waals surface area contributed by atoms with Crippen molar-refractivity contribution in [1.29, 1.82) is 5.26 Å². The first-order chi connectivity index (χ1) is 21.5. The average molecular weight is 639 g/mol. The number of rotatable bonds is 5. The van der Waals surface area contributed by atoms with Crippen molar-refractivity contribution in [3.63, 3.8) is 0 Å². The van der Waals surface area contributed by atoms with E-state index in [9.17, 15) is 9.18 Å². The van der Waals surface area contributed by atoms with E-state index in [1.807, 2.05) is 25.7 Å². The lowest BCUT2D eigenvalue weighted by atomic mass is 10.0. The number of benzene rings is 2.